The van der Waals surface area contributed by atoms with Crippen LogP contribution in [0.5, 0.6) is 0 Å². The Hall–Kier alpha value is -1.38. The third kappa shape index (κ3) is 1.09. The van der Waals surface area contributed by atoms with Gasteiger partial charge in [-0.1, -0.05) is 6.07 Å². The SMILES string of the molecule is O=C1Cc2ncccc2CN1. The van der Waals surface area contributed by atoms with Gasteiger partial charge in [0.1, 0.15) is 0 Å². The van der Waals surface area contributed by atoms with E-state index in [1.165, 1.54) is 0 Å². The average molecular weight is 148 g/mol. The Morgan fingerprint density at radius 3 is 3.36 bits per heavy atom. The van der Waals surface area contributed by atoms with E-state index in [0.29, 0.717) is 13.0 Å². The van der Waals surface area contributed by atoms with Crippen LogP contribution < -0.4 is 5.32 Å². The molecule has 0 saturated heterocycles. The van der Waals surface area contributed by atoms with Gasteiger partial charge >= 0.3 is 0 Å². The summed E-state index contributed by atoms with van der Waals surface area (Å²) in [7, 11) is 0. The molecule has 0 spiro atoms. The van der Waals surface area contributed by atoms with E-state index >= 15 is 0 Å². The highest BCUT2D eigenvalue weighted by molar-refractivity contribution is 5.79. The Labute approximate surface area is 64.5 Å². The highest BCUT2D eigenvalue weighted by Gasteiger charge is 2.14. The second-order valence-corrected chi connectivity index (χ2v) is 2.56. The first-order chi connectivity index (χ1) is 5.36. The minimum Gasteiger partial charge on any atom is -0.352 e. The fraction of sp³-hybridized carbons (Fsp3) is 0.250. The van der Waals surface area contributed by atoms with Gasteiger partial charge in [0.15, 0.2) is 0 Å². The van der Waals surface area contributed by atoms with Gasteiger partial charge < -0.3 is 5.32 Å². The summed E-state index contributed by atoms with van der Waals surface area (Å²) in [6.07, 6.45) is 2.15. The van der Waals surface area contributed by atoms with Crippen LogP contribution in [0.2, 0.25) is 0 Å². The van der Waals surface area contributed by atoms with E-state index in [9.17, 15) is 4.79 Å². The van der Waals surface area contributed by atoms with Crippen LogP contribution in [0.1, 0.15) is 11.3 Å². The number of nitrogens with zero attached hydrogens (tertiary/aromatic N) is 1. The zero-order chi connectivity index (χ0) is 7.68. The quantitative estimate of drug-likeness (QED) is 0.573. The molecular formula is C8H8N2O. The largest absolute Gasteiger partial charge is 0.352 e. The van der Waals surface area contributed by atoms with E-state index in [1.54, 1.807) is 6.20 Å². The van der Waals surface area contributed by atoms with Gasteiger partial charge in [-0.3, -0.25) is 9.78 Å². The highest BCUT2D eigenvalue weighted by atomic mass is 16.1. The summed E-state index contributed by atoms with van der Waals surface area (Å²) in [4.78, 5) is 15.0. The maximum Gasteiger partial charge on any atom is 0.226 e. The minimum absolute atomic E-state index is 0.0659. The van der Waals surface area contributed by atoms with Crippen molar-refractivity contribution in [1.82, 2.24) is 10.3 Å². The second kappa shape index (κ2) is 2.34. The van der Waals surface area contributed by atoms with Crippen LogP contribution in [0.4, 0.5) is 0 Å². The Morgan fingerprint density at radius 2 is 2.45 bits per heavy atom. The van der Waals surface area contributed by atoms with Gasteiger partial charge in [-0.25, -0.2) is 0 Å². The van der Waals surface area contributed by atoms with Crippen molar-refractivity contribution in [3.8, 4) is 0 Å². The smallest absolute Gasteiger partial charge is 0.226 e. The topological polar surface area (TPSA) is 42.0 Å². The van der Waals surface area contributed by atoms with Gasteiger partial charge in [0.05, 0.1) is 12.1 Å². The Balaban J connectivity index is 2.41. The van der Waals surface area contributed by atoms with Gasteiger partial charge in [0.25, 0.3) is 0 Å². The lowest BCUT2D eigenvalue weighted by molar-refractivity contribution is -0.121. The normalized spacial score (nSPS) is 15.5. The van der Waals surface area contributed by atoms with Crippen LogP contribution in [0, 0.1) is 0 Å². The molecule has 0 aliphatic carbocycles. The molecule has 0 atom stereocenters. The van der Waals surface area contributed by atoms with E-state index in [1.807, 2.05) is 12.1 Å². The number of fused-ring (bicyclic) bond motifs is 1. The number of carbonyl (C=O) groups is 1. The molecule has 1 aromatic rings. The number of amides is 1. The third-order valence-electron chi connectivity index (χ3n) is 1.79. The summed E-state index contributed by atoms with van der Waals surface area (Å²) in [6.45, 7) is 0.627. The third-order valence-corrected chi connectivity index (χ3v) is 1.79. The molecule has 0 saturated carbocycles. The van der Waals surface area contributed by atoms with Crippen molar-refractivity contribution in [1.29, 1.82) is 0 Å². The first-order valence-corrected chi connectivity index (χ1v) is 3.56. The number of hydrogen-bond donors (Lipinski definition) is 1. The lowest BCUT2D eigenvalue weighted by Gasteiger charge is -2.14. The molecule has 1 amide bonds. The molecule has 3 heteroatoms. The molecule has 0 bridgehead atoms. The molecule has 56 valence electrons. The van der Waals surface area contributed by atoms with E-state index < -0.39 is 0 Å². The number of nitrogens with one attached hydrogen (secondary N) is 1. The first-order valence-electron chi connectivity index (χ1n) is 3.56. The molecule has 0 aromatic carbocycles. The number of pyridine rings is 1. The van der Waals surface area contributed by atoms with E-state index in [-0.39, 0.29) is 5.91 Å². The predicted molar refractivity (Wildman–Crippen MR) is 39.8 cm³/mol. The van der Waals surface area contributed by atoms with Crippen LogP contribution in [-0.2, 0) is 17.8 Å². The molecule has 0 unspecified atom stereocenters. The molecule has 3 nitrogen and oxygen atoms in total. The first kappa shape index (κ1) is 6.34. The molecular weight excluding hydrogens is 140 g/mol. The van der Waals surface area contributed by atoms with Crippen LogP contribution in [0.25, 0.3) is 0 Å². The molecule has 1 N–H and O–H groups in total. The molecule has 2 rings (SSSR count). The number of rotatable bonds is 0. The summed E-state index contributed by atoms with van der Waals surface area (Å²) < 4.78 is 0. The molecule has 1 aromatic heterocycles. The fourth-order valence-electron chi connectivity index (χ4n) is 1.20. The fourth-order valence-corrected chi connectivity index (χ4v) is 1.20. The summed E-state index contributed by atoms with van der Waals surface area (Å²) in [5.41, 5.74) is 2.04. The monoisotopic (exact) mass is 148 g/mol. The van der Waals surface area contributed by atoms with E-state index in [4.69, 9.17) is 0 Å². The van der Waals surface area contributed by atoms with E-state index in [2.05, 4.69) is 10.3 Å². The van der Waals surface area contributed by atoms with Gasteiger partial charge in [-0.05, 0) is 11.6 Å². The van der Waals surface area contributed by atoms with Crippen molar-refractivity contribution in [3.63, 3.8) is 0 Å². The van der Waals surface area contributed by atoms with Crippen molar-refractivity contribution in [2.45, 2.75) is 13.0 Å². The zero-order valence-electron chi connectivity index (χ0n) is 6.00. The van der Waals surface area contributed by atoms with Crippen molar-refractivity contribution in [2.75, 3.05) is 0 Å². The molecule has 11 heavy (non-hydrogen) atoms. The van der Waals surface area contributed by atoms with Gasteiger partial charge in [-0.2, -0.15) is 0 Å². The van der Waals surface area contributed by atoms with Crippen LogP contribution in [0.15, 0.2) is 18.3 Å². The number of carbonyl (C=O) groups excluding carboxylic acids is 1. The zero-order valence-corrected chi connectivity index (χ0v) is 6.00. The lowest BCUT2D eigenvalue weighted by Crippen LogP contribution is -2.30. The maximum absolute atomic E-state index is 10.9. The molecule has 1 aliphatic rings. The molecule has 2 heterocycles. The molecule has 0 radical (unpaired) electrons. The van der Waals surface area contributed by atoms with Crippen LogP contribution >= 0.6 is 0 Å². The molecule has 0 fully saturated rings. The summed E-state index contributed by atoms with van der Waals surface area (Å²) in [6, 6.07) is 3.87. The van der Waals surface area contributed by atoms with Gasteiger partial charge in [0.2, 0.25) is 5.91 Å². The average Bonchev–Trinajstić information content (AvgIpc) is 2.04. The Morgan fingerprint density at radius 1 is 1.55 bits per heavy atom. The Kier molecular flexibility index (Phi) is 1.35. The maximum atomic E-state index is 10.9. The Bertz CT molecular complexity index is 296. The van der Waals surface area contributed by atoms with Crippen molar-refractivity contribution < 1.29 is 4.79 Å². The van der Waals surface area contributed by atoms with Crippen molar-refractivity contribution >= 4 is 5.91 Å². The van der Waals surface area contributed by atoms with Gasteiger partial charge in [-0.15, -0.1) is 0 Å². The standard InChI is InChI=1S/C8H8N2O/c11-8-4-7-6(5-10-8)2-1-3-9-7/h1-3H,4-5H2,(H,10,11). The summed E-state index contributed by atoms with van der Waals surface area (Å²) in [5, 5.41) is 2.76. The van der Waals surface area contributed by atoms with Crippen LogP contribution in [-0.4, -0.2) is 10.9 Å². The number of aromatic nitrogens is 1. The van der Waals surface area contributed by atoms with Gasteiger partial charge in [0, 0.05) is 12.7 Å². The molecule has 1 aliphatic heterocycles. The van der Waals surface area contributed by atoms with Crippen molar-refractivity contribution in [3.05, 3.63) is 29.6 Å². The highest BCUT2D eigenvalue weighted by Crippen LogP contribution is 2.09. The summed E-state index contributed by atoms with van der Waals surface area (Å²) in [5.74, 6) is 0.0659. The second-order valence-electron chi connectivity index (χ2n) is 2.56. The van der Waals surface area contributed by atoms with E-state index in [0.717, 1.165) is 11.3 Å². The van der Waals surface area contributed by atoms with Crippen molar-refractivity contribution in [2.24, 2.45) is 0 Å². The summed E-state index contributed by atoms with van der Waals surface area (Å²) >= 11 is 0. The minimum atomic E-state index is 0.0659. The lowest BCUT2D eigenvalue weighted by atomic mass is 10.1. The predicted octanol–water partition coefficient (Wildman–Crippen LogP) is 0.254. The number of hydrogen-bond acceptors (Lipinski definition) is 2. The van der Waals surface area contributed by atoms with Crippen LogP contribution in [0.3, 0.4) is 0 Å².